The Labute approximate surface area is 153 Å². The molecular weight excluding hydrogens is 362 g/mol. The lowest BCUT2D eigenvalue weighted by Crippen LogP contribution is -2.23. The molecule has 0 aliphatic rings. The highest BCUT2D eigenvalue weighted by atomic mass is 35.5. The third-order valence-corrected chi connectivity index (χ3v) is 4.21. The molecule has 4 nitrogen and oxygen atoms in total. The number of carbonyl (C=O) groups is 1. The number of carbonyl (C=O) groups excluding carboxylic acids is 1. The Hall–Kier alpha value is -2.73. The monoisotopic (exact) mass is 376 g/mol. The second-order valence-electron chi connectivity index (χ2n) is 5.71. The van der Waals surface area contributed by atoms with Gasteiger partial charge in [0.1, 0.15) is 23.6 Å². The third-order valence-electron chi connectivity index (χ3n) is 3.85. The number of hydrogen-bond donors (Lipinski definition) is 1. The maximum atomic E-state index is 13.4. The molecule has 3 rings (SSSR count). The van der Waals surface area contributed by atoms with Gasteiger partial charge in [0.15, 0.2) is 0 Å². The molecule has 3 aromatic rings. The molecule has 7 heteroatoms. The summed E-state index contributed by atoms with van der Waals surface area (Å²) in [6.45, 7) is 0.207. The standard InChI is InChI=1S/C19H15ClF2N2O2/c20-17-9-16(22)6-4-13(17)10-23-18(25)7-5-14-11-26-24-19(14)12-2-1-3-15(21)8-12/h1-4,6,8-9,11H,5,7,10H2,(H,23,25). The summed E-state index contributed by atoms with van der Waals surface area (Å²) in [5, 5.41) is 6.89. The van der Waals surface area contributed by atoms with Crippen LogP contribution in [0.5, 0.6) is 0 Å². The molecule has 0 aliphatic carbocycles. The normalized spacial score (nSPS) is 10.7. The molecule has 0 bridgehead atoms. The molecule has 1 amide bonds. The molecule has 0 saturated carbocycles. The summed E-state index contributed by atoms with van der Waals surface area (Å²) in [6.07, 6.45) is 2.03. The molecule has 0 atom stereocenters. The van der Waals surface area contributed by atoms with Gasteiger partial charge in [0.25, 0.3) is 0 Å². The Morgan fingerprint density at radius 1 is 1.12 bits per heavy atom. The van der Waals surface area contributed by atoms with Crippen LogP contribution >= 0.6 is 11.6 Å². The van der Waals surface area contributed by atoms with Gasteiger partial charge in [-0.1, -0.05) is 35.0 Å². The van der Waals surface area contributed by atoms with Crippen molar-refractivity contribution in [1.29, 1.82) is 0 Å². The number of benzene rings is 2. The van der Waals surface area contributed by atoms with E-state index in [4.69, 9.17) is 16.1 Å². The zero-order valence-electron chi connectivity index (χ0n) is 13.6. The smallest absolute Gasteiger partial charge is 0.220 e. The first-order chi connectivity index (χ1) is 12.5. The summed E-state index contributed by atoms with van der Waals surface area (Å²) < 4.78 is 31.4. The number of amides is 1. The molecule has 1 N–H and O–H groups in total. The van der Waals surface area contributed by atoms with E-state index in [-0.39, 0.29) is 29.7 Å². The molecule has 0 fully saturated rings. The van der Waals surface area contributed by atoms with Crippen molar-refractivity contribution in [2.45, 2.75) is 19.4 Å². The molecule has 1 aromatic heterocycles. The Morgan fingerprint density at radius 2 is 1.92 bits per heavy atom. The van der Waals surface area contributed by atoms with Crippen molar-refractivity contribution in [3.05, 3.63) is 76.5 Å². The van der Waals surface area contributed by atoms with Gasteiger partial charge in [-0.25, -0.2) is 8.78 Å². The van der Waals surface area contributed by atoms with Gasteiger partial charge >= 0.3 is 0 Å². The van der Waals surface area contributed by atoms with E-state index in [1.165, 1.54) is 36.6 Å². The Morgan fingerprint density at radius 3 is 2.69 bits per heavy atom. The van der Waals surface area contributed by atoms with Crippen LogP contribution in [0.2, 0.25) is 5.02 Å². The minimum Gasteiger partial charge on any atom is -0.364 e. The summed E-state index contributed by atoms with van der Waals surface area (Å²) in [6, 6.07) is 10.0. The van der Waals surface area contributed by atoms with Crippen molar-refractivity contribution < 1.29 is 18.1 Å². The predicted octanol–water partition coefficient (Wildman–Crippen LogP) is 4.52. The maximum absolute atomic E-state index is 13.4. The highest BCUT2D eigenvalue weighted by Crippen LogP contribution is 2.24. The zero-order valence-corrected chi connectivity index (χ0v) is 14.4. The van der Waals surface area contributed by atoms with Gasteiger partial charge in [0.05, 0.1) is 0 Å². The van der Waals surface area contributed by atoms with Crippen LogP contribution < -0.4 is 5.32 Å². The first kappa shape index (κ1) is 18.1. The van der Waals surface area contributed by atoms with E-state index in [0.29, 0.717) is 28.8 Å². The number of aryl methyl sites for hydroxylation is 1. The van der Waals surface area contributed by atoms with Crippen LogP contribution in [0, 0.1) is 11.6 Å². The first-order valence-corrected chi connectivity index (χ1v) is 8.30. The summed E-state index contributed by atoms with van der Waals surface area (Å²) in [4.78, 5) is 12.1. The average molecular weight is 377 g/mol. The highest BCUT2D eigenvalue weighted by Gasteiger charge is 2.13. The quantitative estimate of drug-likeness (QED) is 0.688. The van der Waals surface area contributed by atoms with Crippen molar-refractivity contribution in [2.24, 2.45) is 0 Å². The summed E-state index contributed by atoms with van der Waals surface area (Å²) in [5.74, 6) is -0.996. The molecular formula is C19H15ClF2N2O2. The molecule has 26 heavy (non-hydrogen) atoms. The van der Waals surface area contributed by atoms with Crippen LogP contribution in [-0.4, -0.2) is 11.1 Å². The van der Waals surface area contributed by atoms with Crippen LogP contribution in [0.3, 0.4) is 0 Å². The van der Waals surface area contributed by atoms with Gasteiger partial charge in [0, 0.05) is 29.1 Å². The topological polar surface area (TPSA) is 55.1 Å². The van der Waals surface area contributed by atoms with E-state index in [2.05, 4.69) is 10.5 Å². The fraction of sp³-hybridized carbons (Fsp3) is 0.158. The van der Waals surface area contributed by atoms with Gasteiger partial charge in [0.2, 0.25) is 5.91 Å². The maximum Gasteiger partial charge on any atom is 0.220 e. The van der Waals surface area contributed by atoms with Crippen molar-refractivity contribution in [3.63, 3.8) is 0 Å². The fourth-order valence-corrected chi connectivity index (χ4v) is 2.74. The lowest BCUT2D eigenvalue weighted by molar-refractivity contribution is -0.121. The SMILES string of the molecule is O=C(CCc1conc1-c1cccc(F)c1)NCc1ccc(F)cc1Cl. The van der Waals surface area contributed by atoms with E-state index >= 15 is 0 Å². The van der Waals surface area contributed by atoms with E-state index in [1.54, 1.807) is 12.1 Å². The minimum atomic E-state index is -0.428. The molecule has 2 aromatic carbocycles. The van der Waals surface area contributed by atoms with Gasteiger partial charge in [-0.15, -0.1) is 0 Å². The number of rotatable bonds is 6. The largest absolute Gasteiger partial charge is 0.364 e. The number of nitrogens with zero attached hydrogens (tertiary/aromatic N) is 1. The van der Waals surface area contributed by atoms with Crippen LogP contribution in [0.25, 0.3) is 11.3 Å². The minimum absolute atomic E-state index is 0.197. The van der Waals surface area contributed by atoms with Crippen molar-refractivity contribution >= 4 is 17.5 Å². The van der Waals surface area contributed by atoms with Crippen LogP contribution in [0.4, 0.5) is 8.78 Å². The lowest BCUT2D eigenvalue weighted by atomic mass is 10.0. The van der Waals surface area contributed by atoms with Gasteiger partial charge in [-0.2, -0.15) is 0 Å². The van der Waals surface area contributed by atoms with Gasteiger partial charge < -0.3 is 9.84 Å². The van der Waals surface area contributed by atoms with Crippen LogP contribution in [0.15, 0.2) is 53.3 Å². The Balaban J connectivity index is 1.58. The third kappa shape index (κ3) is 4.46. The second-order valence-corrected chi connectivity index (χ2v) is 6.12. The number of hydrogen-bond acceptors (Lipinski definition) is 3. The first-order valence-electron chi connectivity index (χ1n) is 7.93. The molecule has 0 radical (unpaired) electrons. The zero-order chi connectivity index (χ0) is 18.5. The molecule has 1 heterocycles. The molecule has 0 unspecified atom stereocenters. The Bertz CT molecular complexity index is 927. The highest BCUT2D eigenvalue weighted by molar-refractivity contribution is 6.31. The fourth-order valence-electron chi connectivity index (χ4n) is 2.50. The lowest BCUT2D eigenvalue weighted by Gasteiger charge is -2.07. The summed E-state index contributed by atoms with van der Waals surface area (Å²) in [5.41, 5.74) is 2.45. The Kier molecular flexibility index (Phi) is 5.63. The van der Waals surface area contributed by atoms with E-state index < -0.39 is 5.82 Å². The number of nitrogens with one attached hydrogen (secondary N) is 1. The number of aromatic nitrogens is 1. The van der Waals surface area contributed by atoms with Crippen molar-refractivity contribution in [2.75, 3.05) is 0 Å². The van der Waals surface area contributed by atoms with E-state index in [9.17, 15) is 13.6 Å². The van der Waals surface area contributed by atoms with Gasteiger partial charge in [-0.05, 0) is 36.2 Å². The summed E-state index contributed by atoms with van der Waals surface area (Å²) >= 11 is 5.93. The predicted molar refractivity (Wildman–Crippen MR) is 93.5 cm³/mol. The molecule has 0 spiro atoms. The van der Waals surface area contributed by atoms with Crippen LogP contribution in [-0.2, 0) is 17.8 Å². The van der Waals surface area contributed by atoms with Crippen molar-refractivity contribution in [3.8, 4) is 11.3 Å². The van der Waals surface area contributed by atoms with E-state index in [1.807, 2.05) is 0 Å². The van der Waals surface area contributed by atoms with Gasteiger partial charge in [-0.3, -0.25) is 4.79 Å². The molecule has 134 valence electrons. The molecule has 0 aliphatic heterocycles. The van der Waals surface area contributed by atoms with Crippen molar-refractivity contribution in [1.82, 2.24) is 10.5 Å². The number of halogens is 3. The summed E-state index contributed by atoms with van der Waals surface area (Å²) in [7, 11) is 0. The average Bonchev–Trinajstić information content (AvgIpc) is 3.08. The second kappa shape index (κ2) is 8.10. The van der Waals surface area contributed by atoms with E-state index in [0.717, 1.165) is 0 Å². The van der Waals surface area contributed by atoms with Crippen LogP contribution in [0.1, 0.15) is 17.5 Å². The molecule has 0 saturated heterocycles.